The third kappa shape index (κ3) is 5.51. The molecule has 1 saturated heterocycles. The van der Waals surface area contributed by atoms with Crippen molar-refractivity contribution in [3.05, 3.63) is 89.9 Å². The molecule has 0 radical (unpaired) electrons. The van der Waals surface area contributed by atoms with Gasteiger partial charge in [-0.1, -0.05) is 18.2 Å². The summed E-state index contributed by atoms with van der Waals surface area (Å²) in [5, 5.41) is 8.49. The molecule has 1 saturated carbocycles. The molecule has 2 atom stereocenters. The van der Waals surface area contributed by atoms with Gasteiger partial charge in [-0.15, -0.1) is 0 Å². The zero-order valence-corrected chi connectivity index (χ0v) is 22.5. The minimum Gasteiger partial charge on any atom is -0.326 e. The van der Waals surface area contributed by atoms with Crippen molar-refractivity contribution < 1.29 is 13.2 Å². The molecule has 6 rings (SSSR count). The Morgan fingerprint density at radius 1 is 0.974 bits per heavy atom. The highest BCUT2D eigenvalue weighted by atomic mass is 32.2. The van der Waals surface area contributed by atoms with Gasteiger partial charge >= 0.3 is 0 Å². The predicted octanol–water partition coefficient (Wildman–Crippen LogP) is 4.95. The van der Waals surface area contributed by atoms with Crippen LogP contribution in [0.4, 0.5) is 11.5 Å². The molecule has 1 aliphatic carbocycles. The number of hydrogen-bond acceptors (Lipinski definition) is 6. The van der Waals surface area contributed by atoms with Gasteiger partial charge in [-0.2, -0.15) is 0 Å². The van der Waals surface area contributed by atoms with E-state index < -0.39 is 10.0 Å². The summed E-state index contributed by atoms with van der Waals surface area (Å²) in [6.07, 6.45) is 8.07. The molecule has 4 aromatic rings. The fourth-order valence-electron chi connectivity index (χ4n) is 5.48. The zero-order valence-electron chi connectivity index (χ0n) is 21.7. The van der Waals surface area contributed by atoms with E-state index in [-0.39, 0.29) is 22.6 Å². The number of aryl methyl sites for hydroxylation is 1. The van der Waals surface area contributed by atoms with Gasteiger partial charge < -0.3 is 10.6 Å². The number of nitrogens with one attached hydrogen (secondary N) is 3. The van der Waals surface area contributed by atoms with Gasteiger partial charge in [0.1, 0.15) is 5.82 Å². The molecule has 2 aromatic carbocycles. The Labute approximate surface area is 228 Å². The van der Waals surface area contributed by atoms with Crippen molar-refractivity contribution in [1.82, 2.24) is 15.3 Å². The van der Waals surface area contributed by atoms with Gasteiger partial charge in [0.15, 0.2) is 0 Å². The molecule has 1 amide bonds. The largest absolute Gasteiger partial charge is 0.326 e. The summed E-state index contributed by atoms with van der Waals surface area (Å²) in [6.45, 7) is 3.93. The lowest BCUT2D eigenvalue weighted by Crippen LogP contribution is -2.26. The first-order chi connectivity index (χ1) is 18.9. The first kappa shape index (κ1) is 25.5. The number of rotatable bonds is 7. The van der Waals surface area contributed by atoms with Crippen LogP contribution >= 0.6 is 0 Å². The first-order valence-corrected chi connectivity index (χ1v) is 14.8. The number of carbonyl (C=O) groups is 1. The molecule has 3 heterocycles. The van der Waals surface area contributed by atoms with Crippen molar-refractivity contribution in [1.29, 1.82) is 0 Å². The molecule has 2 aliphatic rings. The summed E-state index contributed by atoms with van der Waals surface area (Å²) < 4.78 is 28.7. The van der Waals surface area contributed by atoms with Crippen LogP contribution in [0.15, 0.2) is 78.1 Å². The van der Waals surface area contributed by atoms with Crippen LogP contribution < -0.4 is 15.4 Å². The third-order valence-electron chi connectivity index (χ3n) is 7.81. The van der Waals surface area contributed by atoms with Crippen molar-refractivity contribution >= 4 is 38.2 Å². The summed E-state index contributed by atoms with van der Waals surface area (Å²) in [7, 11) is -3.78. The summed E-state index contributed by atoms with van der Waals surface area (Å²) in [5.74, 6) is 0.646. The molecular formula is C30H31N5O3S. The minimum absolute atomic E-state index is 0.0240. The number of anilines is 2. The molecule has 0 spiro atoms. The van der Waals surface area contributed by atoms with Crippen molar-refractivity contribution in [3.63, 3.8) is 0 Å². The lowest BCUT2D eigenvalue weighted by molar-refractivity contribution is -0.117. The number of aromatic nitrogens is 2. The van der Waals surface area contributed by atoms with Gasteiger partial charge in [-0.3, -0.25) is 14.5 Å². The number of nitrogens with zero attached hydrogens (tertiary/aromatic N) is 2. The molecule has 39 heavy (non-hydrogen) atoms. The van der Waals surface area contributed by atoms with Crippen LogP contribution in [-0.4, -0.2) is 37.4 Å². The predicted molar refractivity (Wildman–Crippen MR) is 152 cm³/mol. The average molecular weight is 542 g/mol. The van der Waals surface area contributed by atoms with E-state index in [1.807, 2.05) is 49.6 Å². The number of piperidine rings is 1. The Kier molecular flexibility index (Phi) is 6.78. The van der Waals surface area contributed by atoms with Gasteiger partial charge in [0.05, 0.1) is 4.90 Å². The fraction of sp³-hybridized carbons (Fsp3) is 0.300. The van der Waals surface area contributed by atoms with Crippen LogP contribution in [-0.2, 0) is 14.8 Å². The van der Waals surface area contributed by atoms with Crippen molar-refractivity contribution in [2.45, 2.75) is 42.9 Å². The van der Waals surface area contributed by atoms with Gasteiger partial charge in [-0.25, -0.2) is 13.4 Å². The molecule has 0 bridgehead atoms. The number of benzene rings is 2. The number of fused-ring (bicyclic) bond motifs is 1. The number of amides is 1. The average Bonchev–Trinajstić information content (AvgIpc) is 3.76. The lowest BCUT2D eigenvalue weighted by Gasteiger charge is -2.23. The molecule has 8 nitrogen and oxygen atoms in total. The second-order valence-electron chi connectivity index (χ2n) is 10.5. The highest BCUT2D eigenvalue weighted by Crippen LogP contribution is 2.48. The van der Waals surface area contributed by atoms with Gasteiger partial charge in [0.2, 0.25) is 5.91 Å². The van der Waals surface area contributed by atoms with E-state index in [0.717, 1.165) is 65.5 Å². The monoisotopic (exact) mass is 541 g/mol. The van der Waals surface area contributed by atoms with Crippen LogP contribution in [0.1, 0.15) is 47.8 Å². The van der Waals surface area contributed by atoms with Crippen LogP contribution in [0.3, 0.4) is 0 Å². The molecule has 2 fully saturated rings. The molecule has 9 heteroatoms. The topological polar surface area (TPSA) is 113 Å². The van der Waals surface area contributed by atoms with Crippen LogP contribution in [0.2, 0.25) is 0 Å². The maximum absolute atomic E-state index is 13.0. The maximum atomic E-state index is 13.0. The first-order valence-electron chi connectivity index (χ1n) is 13.3. The highest BCUT2D eigenvalue weighted by Gasteiger charge is 2.44. The minimum atomic E-state index is -3.78. The Bertz CT molecular complexity index is 1630. The van der Waals surface area contributed by atoms with Crippen molar-refractivity contribution in [2.24, 2.45) is 5.92 Å². The normalized spacial score (nSPS) is 19.5. The summed E-state index contributed by atoms with van der Waals surface area (Å²) in [5.41, 5.74) is 3.88. The van der Waals surface area contributed by atoms with Gasteiger partial charge in [-0.05, 0) is 110 Å². The van der Waals surface area contributed by atoms with E-state index in [4.69, 9.17) is 0 Å². The summed E-state index contributed by atoms with van der Waals surface area (Å²) in [6, 6.07) is 16.4. The zero-order chi connectivity index (χ0) is 27.0. The van der Waals surface area contributed by atoms with Crippen LogP contribution in [0, 0.1) is 12.8 Å². The van der Waals surface area contributed by atoms with E-state index in [1.165, 1.54) is 0 Å². The van der Waals surface area contributed by atoms with E-state index >= 15 is 0 Å². The SMILES string of the molecule is Cc1cncc2ccc(NC(=O)[C@@H]3C[C@H]3c3ccc(S(=O)(=O)Nc4cc(C5CCNCC5)ccn4)cc3)cc12. The van der Waals surface area contributed by atoms with E-state index in [0.29, 0.717) is 11.7 Å². The lowest BCUT2D eigenvalue weighted by atomic mass is 9.91. The Morgan fingerprint density at radius 3 is 2.56 bits per heavy atom. The highest BCUT2D eigenvalue weighted by molar-refractivity contribution is 7.92. The van der Waals surface area contributed by atoms with E-state index in [9.17, 15) is 13.2 Å². The van der Waals surface area contributed by atoms with Crippen LogP contribution in [0.25, 0.3) is 10.8 Å². The number of pyridine rings is 2. The van der Waals surface area contributed by atoms with Gasteiger partial charge in [0.25, 0.3) is 10.0 Å². The van der Waals surface area contributed by atoms with Crippen LogP contribution in [0.5, 0.6) is 0 Å². The molecule has 1 aliphatic heterocycles. The Balaban J connectivity index is 1.09. The maximum Gasteiger partial charge on any atom is 0.263 e. The third-order valence-corrected chi connectivity index (χ3v) is 9.18. The second kappa shape index (κ2) is 10.4. The number of carbonyl (C=O) groups excluding carboxylic acids is 1. The Morgan fingerprint density at radius 2 is 1.77 bits per heavy atom. The van der Waals surface area contributed by atoms with E-state index in [2.05, 4.69) is 25.3 Å². The standard InChI is InChI=1S/C30H31N5O3S/c1-19-17-32-18-23-2-5-24(15-26(19)23)34-30(36)28-16-27(28)21-3-6-25(7-4-21)39(37,38)35-29-14-22(10-13-33-29)20-8-11-31-12-9-20/h2-7,10,13-15,17-18,20,27-28,31H,8-9,11-12,16H2,1H3,(H,33,35)(H,34,36)/t27-,28+/m0/s1. The van der Waals surface area contributed by atoms with E-state index in [1.54, 1.807) is 30.5 Å². The number of sulfonamides is 1. The van der Waals surface area contributed by atoms with Gasteiger partial charge in [0, 0.05) is 35.6 Å². The molecule has 0 unspecified atom stereocenters. The smallest absolute Gasteiger partial charge is 0.263 e. The second-order valence-corrected chi connectivity index (χ2v) is 12.2. The molecule has 200 valence electrons. The molecular weight excluding hydrogens is 510 g/mol. The number of hydrogen-bond donors (Lipinski definition) is 3. The quantitative estimate of drug-likeness (QED) is 0.305. The summed E-state index contributed by atoms with van der Waals surface area (Å²) in [4.78, 5) is 21.5. The fourth-order valence-corrected chi connectivity index (χ4v) is 6.48. The molecule has 3 N–H and O–H groups in total. The molecule has 2 aromatic heterocycles. The van der Waals surface area contributed by atoms with Crippen molar-refractivity contribution in [3.8, 4) is 0 Å². The summed E-state index contributed by atoms with van der Waals surface area (Å²) >= 11 is 0. The van der Waals surface area contributed by atoms with Crippen molar-refractivity contribution in [2.75, 3.05) is 23.1 Å². The Hall–Kier alpha value is -3.82.